The van der Waals surface area contributed by atoms with E-state index in [0.717, 1.165) is 75.5 Å². The fraction of sp³-hybridized carbons (Fsp3) is 0.945. The van der Waals surface area contributed by atoms with Gasteiger partial charge in [-0.2, -0.15) is 0 Å². The summed E-state index contributed by atoms with van der Waals surface area (Å²) < 4.78 is 16.8. The number of carbonyl (C=O) groups is 3. The monoisotopic (exact) mass is 863 g/mol. The molecule has 0 N–H and O–H groups in total. The average Bonchev–Trinajstić information content (AvgIpc) is 3.22. The molecule has 0 aromatic rings. The SMILES string of the molecule is CC(C)CCCCCCCCCCCCCCCCC(=O)OC[C@H](COC(=O)CCCCCCCCCC(C)C)OC(=O)CCCCCCCCCCCCCCCC(C)C. The fourth-order valence-electron chi connectivity index (χ4n) is 8.29. The molecule has 0 aliphatic heterocycles. The minimum absolute atomic E-state index is 0.0646. The molecular formula is C55H106O6. The molecule has 0 aromatic carbocycles. The van der Waals surface area contributed by atoms with E-state index in [1.54, 1.807) is 0 Å². The van der Waals surface area contributed by atoms with Crippen LogP contribution in [0, 0.1) is 17.8 Å². The van der Waals surface area contributed by atoms with Gasteiger partial charge in [0.15, 0.2) is 6.10 Å². The van der Waals surface area contributed by atoms with E-state index in [9.17, 15) is 14.4 Å². The van der Waals surface area contributed by atoms with Gasteiger partial charge in [0.25, 0.3) is 0 Å². The quantitative estimate of drug-likeness (QED) is 0.0344. The molecule has 0 spiro atoms. The van der Waals surface area contributed by atoms with Crippen molar-refractivity contribution in [3.63, 3.8) is 0 Å². The highest BCUT2D eigenvalue weighted by atomic mass is 16.6. The van der Waals surface area contributed by atoms with Crippen LogP contribution < -0.4 is 0 Å². The number of rotatable bonds is 48. The smallest absolute Gasteiger partial charge is 0.306 e. The van der Waals surface area contributed by atoms with Crippen LogP contribution in [0.2, 0.25) is 0 Å². The summed E-state index contributed by atoms with van der Waals surface area (Å²) in [5.74, 6) is 1.61. The number of carbonyl (C=O) groups excluding carboxylic acids is 3. The first-order valence-electron chi connectivity index (χ1n) is 27.1. The van der Waals surface area contributed by atoms with E-state index in [-0.39, 0.29) is 31.1 Å². The first-order valence-corrected chi connectivity index (χ1v) is 27.1. The largest absolute Gasteiger partial charge is 0.462 e. The molecule has 0 radical (unpaired) electrons. The molecular weight excluding hydrogens is 757 g/mol. The van der Waals surface area contributed by atoms with Crippen molar-refractivity contribution >= 4 is 17.9 Å². The first kappa shape index (κ1) is 59.4. The van der Waals surface area contributed by atoms with Crippen molar-refractivity contribution in [2.24, 2.45) is 17.8 Å². The molecule has 0 rings (SSSR count). The van der Waals surface area contributed by atoms with Gasteiger partial charge in [0.2, 0.25) is 0 Å². The second-order valence-electron chi connectivity index (χ2n) is 20.3. The van der Waals surface area contributed by atoms with E-state index in [2.05, 4.69) is 41.5 Å². The van der Waals surface area contributed by atoms with Gasteiger partial charge < -0.3 is 14.2 Å². The summed E-state index contributed by atoms with van der Waals surface area (Å²) in [6.45, 7) is 13.7. The van der Waals surface area contributed by atoms with Gasteiger partial charge in [0.1, 0.15) is 13.2 Å². The molecule has 0 saturated carbocycles. The Kier molecular flexibility index (Phi) is 45.2. The second kappa shape index (κ2) is 46.4. The Morgan fingerprint density at radius 2 is 0.475 bits per heavy atom. The lowest BCUT2D eigenvalue weighted by molar-refractivity contribution is -0.167. The molecule has 0 saturated heterocycles. The van der Waals surface area contributed by atoms with Gasteiger partial charge in [-0.05, 0) is 37.0 Å². The minimum atomic E-state index is -0.763. The molecule has 0 aliphatic rings. The van der Waals surface area contributed by atoms with Crippen LogP contribution in [-0.4, -0.2) is 37.2 Å². The van der Waals surface area contributed by atoms with E-state index < -0.39 is 6.10 Å². The van der Waals surface area contributed by atoms with Gasteiger partial charge in [-0.3, -0.25) is 14.4 Å². The summed E-state index contributed by atoms with van der Waals surface area (Å²) in [5.41, 5.74) is 0. The highest BCUT2D eigenvalue weighted by molar-refractivity contribution is 5.71. The molecule has 0 aliphatic carbocycles. The predicted octanol–water partition coefficient (Wildman–Crippen LogP) is 17.6. The Labute approximate surface area is 380 Å². The average molecular weight is 863 g/mol. The Morgan fingerprint density at radius 1 is 0.279 bits per heavy atom. The highest BCUT2D eigenvalue weighted by Crippen LogP contribution is 2.18. The van der Waals surface area contributed by atoms with E-state index >= 15 is 0 Å². The Bertz CT molecular complexity index is 945. The summed E-state index contributed by atoms with van der Waals surface area (Å²) in [7, 11) is 0. The molecule has 0 aromatic heterocycles. The molecule has 0 unspecified atom stereocenters. The summed E-state index contributed by atoms with van der Waals surface area (Å²) in [6.07, 6.45) is 46.7. The fourth-order valence-corrected chi connectivity index (χ4v) is 8.29. The number of hydrogen-bond acceptors (Lipinski definition) is 6. The van der Waals surface area contributed by atoms with Gasteiger partial charge in [0, 0.05) is 19.3 Å². The summed E-state index contributed by atoms with van der Waals surface area (Å²) in [6, 6.07) is 0. The second-order valence-corrected chi connectivity index (χ2v) is 20.3. The van der Waals surface area contributed by atoms with Crippen LogP contribution in [0.25, 0.3) is 0 Å². The van der Waals surface area contributed by atoms with Crippen molar-refractivity contribution in [2.75, 3.05) is 13.2 Å². The first-order chi connectivity index (χ1) is 29.6. The van der Waals surface area contributed by atoms with Crippen molar-refractivity contribution in [1.29, 1.82) is 0 Å². The number of hydrogen-bond donors (Lipinski definition) is 0. The zero-order chi connectivity index (χ0) is 44.9. The lowest BCUT2D eigenvalue weighted by Crippen LogP contribution is -2.30. The van der Waals surface area contributed by atoms with Gasteiger partial charge in [0.05, 0.1) is 0 Å². The standard InChI is InChI=1S/C55H106O6/c1-49(2)41-35-29-23-18-14-10-7-8-12-16-20-26-32-38-44-53(56)59-47-52(48-60-54(57)45-39-33-28-22-25-31-37-43-51(5)6)61-55(58)46-40-34-27-21-17-13-9-11-15-19-24-30-36-42-50(3)4/h49-52H,7-48H2,1-6H3/t52-/m1/s1. The number of esters is 3. The van der Waals surface area contributed by atoms with Crippen molar-refractivity contribution in [3.8, 4) is 0 Å². The van der Waals surface area contributed by atoms with E-state index in [4.69, 9.17) is 14.2 Å². The topological polar surface area (TPSA) is 78.9 Å². The molecule has 0 fully saturated rings. The van der Waals surface area contributed by atoms with Crippen LogP contribution >= 0.6 is 0 Å². The molecule has 1 atom stereocenters. The third-order valence-corrected chi connectivity index (χ3v) is 12.4. The summed E-state index contributed by atoms with van der Waals surface area (Å²) in [4.78, 5) is 38.0. The molecule has 0 amide bonds. The van der Waals surface area contributed by atoms with Crippen molar-refractivity contribution in [2.45, 2.75) is 304 Å². The van der Waals surface area contributed by atoms with Gasteiger partial charge in [-0.1, -0.05) is 260 Å². The third kappa shape index (κ3) is 49.3. The van der Waals surface area contributed by atoms with Gasteiger partial charge >= 0.3 is 17.9 Å². The number of ether oxygens (including phenoxy) is 3. The van der Waals surface area contributed by atoms with Crippen LogP contribution in [-0.2, 0) is 28.6 Å². The number of unbranched alkanes of at least 4 members (excludes halogenated alkanes) is 31. The molecule has 0 heterocycles. The van der Waals surface area contributed by atoms with Crippen LogP contribution in [0.5, 0.6) is 0 Å². The van der Waals surface area contributed by atoms with Crippen LogP contribution in [0.3, 0.4) is 0 Å². The van der Waals surface area contributed by atoms with Crippen molar-refractivity contribution in [1.82, 2.24) is 0 Å². The maximum absolute atomic E-state index is 12.8. The summed E-state index contributed by atoms with van der Waals surface area (Å²) >= 11 is 0. The predicted molar refractivity (Wildman–Crippen MR) is 261 cm³/mol. The Morgan fingerprint density at radius 3 is 0.705 bits per heavy atom. The normalized spacial score (nSPS) is 12.1. The highest BCUT2D eigenvalue weighted by Gasteiger charge is 2.19. The molecule has 61 heavy (non-hydrogen) atoms. The van der Waals surface area contributed by atoms with Crippen molar-refractivity contribution in [3.05, 3.63) is 0 Å². The summed E-state index contributed by atoms with van der Waals surface area (Å²) in [5, 5.41) is 0. The van der Waals surface area contributed by atoms with Crippen LogP contribution in [0.1, 0.15) is 298 Å². The van der Waals surface area contributed by atoms with Crippen LogP contribution in [0.4, 0.5) is 0 Å². The minimum Gasteiger partial charge on any atom is -0.462 e. The van der Waals surface area contributed by atoms with E-state index in [1.165, 1.54) is 180 Å². The van der Waals surface area contributed by atoms with Crippen molar-refractivity contribution < 1.29 is 28.6 Å². The lowest BCUT2D eigenvalue weighted by Gasteiger charge is -2.18. The molecule has 6 heteroatoms. The molecule has 0 bridgehead atoms. The Balaban J connectivity index is 4.27. The van der Waals surface area contributed by atoms with Gasteiger partial charge in [-0.15, -0.1) is 0 Å². The maximum Gasteiger partial charge on any atom is 0.306 e. The zero-order valence-corrected chi connectivity index (χ0v) is 42.0. The van der Waals surface area contributed by atoms with E-state index in [0.29, 0.717) is 19.3 Å². The zero-order valence-electron chi connectivity index (χ0n) is 42.0. The molecule has 6 nitrogen and oxygen atoms in total. The molecule has 362 valence electrons. The lowest BCUT2D eigenvalue weighted by atomic mass is 10.0. The third-order valence-electron chi connectivity index (χ3n) is 12.4. The van der Waals surface area contributed by atoms with Gasteiger partial charge in [-0.25, -0.2) is 0 Å². The van der Waals surface area contributed by atoms with E-state index in [1.807, 2.05) is 0 Å². The Hall–Kier alpha value is -1.59. The van der Waals surface area contributed by atoms with Crippen LogP contribution in [0.15, 0.2) is 0 Å². The maximum atomic E-state index is 12.8.